The number of halogens is 1. The highest BCUT2D eigenvalue weighted by Gasteiger charge is 2.12. The van der Waals surface area contributed by atoms with Gasteiger partial charge in [-0.25, -0.2) is 14.2 Å². The number of nitrogens with one attached hydrogen (secondary N) is 2. The lowest BCUT2D eigenvalue weighted by atomic mass is 10.2. The second kappa shape index (κ2) is 7.74. The second-order valence-electron chi connectivity index (χ2n) is 5.40. The van der Waals surface area contributed by atoms with Crippen molar-refractivity contribution < 1.29 is 13.9 Å². The summed E-state index contributed by atoms with van der Waals surface area (Å²) in [6.07, 6.45) is 1.60. The van der Waals surface area contributed by atoms with Crippen LogP contribution in [0.1, 0.15) is 5.56 Å². The quantitative estimate of drug-likeness (QED) is 0.903. The van der Waals surface area contributed by atoms with Gasteiger partial charge in [0.05, 0.1) is 25.1 Å². The van der Waals surface area contributed by atoms with Gasteiger partial charge in [-0.05, 0) is 18.2 Å². The van der Waals surface area contributed by atoms with Gasteiger partial charge in [-0.15, -0.1) is 0 Å². The van der Waals surface area contributed by atoms with Crippen LogP contribution in [0.5, 0.6) is 0 Å². The largest absolute Gasteiger partial charge is 0.378 e. The number of nitrogens with zero attached hydrogens (tertiary/aromatic N) is 2. The van der Waals surface area contributed by atoms with Gasteiger partial charge in [-0.2, -0.15) is 0 Å². The van der Waals surface area contributed by atoms with Gasteiger partial charge in [0.15, 0.2) is 0 Å². The number of benzene rings is 1. The van der Waals surface area contributed by atoms with E-state index in [0.717, 1.165) is 18.9 Å². The molecule has 1 aliphatic heterocycles. The molecule has 6 nitrogen and oxygen atoms in total. The zero-order chi connectivity index (χ0) is 16.8. The van der Waals surface area contributed by atoms with Gasteiger partial charge < -0.3 is 20.3 Å². The maximum Gasteiger partial charge on any atom is 0.319 e. The van der Waals surface area contributed by atoms with Crippen LogP contribution < -0.4 is 15.5 Å². The van der Waals surface area contributed by atoms with Crippen LogP contribution in [0.4, 0.5) is 20.7 Å². The number of pyridine rings is 1. The molecular weight excluding hydrogens is 311 g/mol. The summed E-state index contributed by atoms with van der Waals surface area (Å²) in [6, 6.07) is 9.59. The van der Waals surface area contributed by atoms with Crippen molar-refractivity contribution in [2.75, 3.05) is 36.5 Å². The molecular formula is C17H19FN4O2. The van der Waals surface area contributed by atoms with E-state index < -0.39 is 6.03 Å². The SMILES string of the molecule is O=C(NCc1ccccc1F)Nc1ccc(N2CCOCC2)nc1. The number of carbonyl (C=O) groups excluding carboxylic acids is 1. The molecule has 0 spiro atoms. The van der Waals surface area contributed by atoms with Crippen LogP contribution in [0.3, 0.4) is 0 Å². The topological polar surface area (TPSA) is 66.5 Å². The van der Waals surface area contributed by atoms with Crippen LogP contribution in [0, 0.1) is 5.82 Å². The number of anilines is 2. The van der Waals surface area contributed by atoms with Gasteiger partial charge in [0.25, 0.3) is 0 Å². The molecule has 2 amide bonds. The molecule has 0 unspecified atom stereocenters. The number of carbonyl (C=O) groups is 1. The molecule has 1 fully saturated rings. The molecule has 2 aromatic rings. The Balaban J connectivity index is 1.52. The summed E-state index contributed by atoms with van der Waals surface area (Å²) in [4.78, 5) is 18.4. The average molecular weight is 330 g/mol. The van der Waals surface area contributed by atoms with Crippen molar-refractivity contribution in [1.29, 1.82) is 0 Å². The summed E-state index contributed by atoms with van der Waals surface area (Å²) in [5.74, 6) is 0.518. The van der Waals surface area contributed by atoms with Crippen LogP contribution in [0.2, 0.25) is 0 Å². The van der Waals surface area contributed by atoms with Crippen molar-refractivity contribution in [3.63, 3.8) is 0 Å². The molecule has 0 bridgehead atoms. The summed E-state index contributed by atoms with van der Waals surface area (Å²) in [5, 5.41) is 5.31. The number of rotatable bonds is 4. The maximum absolute atomic E-state index is 13.5. The summed E-state index contributed by atoms with van der Waals surface area (Å²) >= 11 is 0. The third-order valence-corrected chi connectivity index (χ3v) is 3.74. The average Bonchev–Trinajstić information content (AvgIpc) is 2.62. The molecule has 2 heterocycles. The fourth-order valence-electron chi connectivity index (χ4n) is 2.43. The number of hydrogen-bond donors (Lipinski definition) is 2. The highest BCUT2D eigenvalue weighted by Crippen LogP contribution is 2.15. The highest BCUT2D eigenvalue weighted by atomic mass is 19.1. The van der Waals surface area contributed by atoms with Crippen LogP contribution in [0.25, 0.3) is 0 Å². The fourth-order valence-corrected chi connectivity index (χ4v) is 2.43. The maximum atomic E-state index is 13.5. The lowest BCUT2D eigenvalue weighted by Gasteiger charge is -2.27. The van der Waals surface area contributed by atoms with E-state index in [1.54, 1.807) is 30.5 Å². The second-order valence-corrected chi connectivity index (χ2v) is 5.40. The smallest absolute Gasteiger partial charge is 0.319 e. The molecule has 0 radical (unpaired) electrons. The molecule has 24 heavy (non-hydrogen) atoms. The van der Waals surface area contributed by atoms with E-state index in [2.05, 4.69) is 20.5 Å². The monoisotopic (exact) mass is 330 g/mol. The Morgan fingerprint density at radius 2 is 2.00 bits per heavy atom. The number of urea groups is 1. The van der Waals surface area contributed by atoms with Gasteiger partial charge in [0, 0.05) is 25.2 Å². The van der Waals surface area contributed by atoms with E-state index in [4.69, 9.17) is 4.74 Å². The minimum Gasteiger partial charge on any atom is -0.378 e. The number of hydrogen-bond acceptors (Lipinski definition) is 4. The predicted octanol–water partition coefficient (Wildman–Crippen LogP) is 2.38. The molecule has 0 saturated carbocycles. The Bertz CT molecular complexity index is 687. The molecule has 1 aromatic carbocycles. The van der Waals surface area contributed by atoms with E-state index in [0.29, 0.717) is 24.5 Å². The molecule has 3 rings (SSSR count). The van der Waals surface area contributed by atoms with Crippen molar-refractivity contribution in [1.82, 2.24) is 10.3 Å². The summed E-state index contributed by atoms with van der Waals surface area (Å²) < 4.78 is 18.8. The van der Waals surface area contributed by atoms with Gasteiger partial charge in [0.1, 0.15) is 11.6 Å². The zero-order valence-electron chi connectivity index (χ0n) is 13.2. The molecule has 0 atom stereocenters. The van der Waals surface area contributed by atoms with E-state index in [1.165, 1.54) is 6.07 Å². The Hall–Kier alpha value is -2.67. The van der Waals surface area contributed by atoms with E-state index in [9.17, 15) is 9.18 Å². The van der Waals surface area contributed by atoms with Crippen LogP contribution in [-0.4, -0.2) is 37.3 Å². The Kier molecular flexibility index (Phi) is 5.22. The minimum absolute atomic E-state index is 0.123. The summed E-state index contributed by atoms with van der Waals surface area (Å²) in [6.45, 7) is 3.13. The van der Waals surface area contributed by atoms with Crippen LogP contribution in [-0.2, 0) is 11.3 Å². The molecule has 1 aliphatic rings. The molecule has 2 N–H and O–H groups in total. The molecule has 1 saturated heterocycles. The Morgan fingerprint density at radius 3 is 2.71 bits per heavy atom. The van der Waals surface area contributed by atoms with E-state index in [1.807, 2.05) is 6.07 Å². The number of ether oxygens (including phenoxy) is 1. The third-order valence-electron chi connectivity index (χ3n) is 3.74. The van der Waals surface area contributed by atoms with Crippen molar-refractivity contribution in [2.24, 2.45) is 0 Å². The lowest BCUT2D eigenvalue weighted by Crippen LogP contribution is -2.36. The number of amides is 2. The Morgan fingerprint density at radius 1 is 1.21 bits per heavy atom. The highest BCUT2D eigenvalue weighted by molar-refractivity contribution is 5.89. The first-order valence-electron chi connectivity index (χ1n) is 7.79. The minimum atomic E-state index is -0.404. The summed E-state index contributed by atoms with van der Waals surface area (Å²) in [7, 11) is 0. The molecule has 126 valence electrons. The van der Waals surface area contributed by atoms with Crippen molar-refractivity contribution in [2.45, 2.75) is 6.54 Å². The normalized spacial score (nSPS) is 14.3. The standard InChI is InChI=1S/C17H19FN4O2/c18-15-4-2-1-3-13(15)11-20-17(23)21-14-5-6-16(19-12-14)22-7-9-24-10-8-22/h1-6,12H,7-11H2,(H2,20,21,23). The molecule has 1 aromatic heterocycles. The van der Waals surface area contributed by atoms with Crippen LogP contribution >= 0.6 is 0 Å². The molecule has 7 heteroatoms. The van der Waals surface area contributed by atoms with Crippen molar-refractivity contribution in [3.05, 3.63) is 54.0 Å². The first-order valence-corrected chi connectivity index (χ1v) is 7.79. The van der Waals surface area contributed by atoms with E-state index in [-0.39, 0.29) is 12.4 Å². The summed E-state index contributed by atoms with van der Waals surface area (Å²) in [5.41, 5.74) is 1.02. The van der Waals surface area contributed by atoms with Gasteiger partial charge in [-0.1, -0.05) is 18.2 Å². The fraction of sp³-hybridized carbons (Fsp3) is 0.294. The van der Waals surface area contributed by atoms with Crippen molar-refractivity contribution in [3.8, 4) is 0 Å². The molecule has 0 aliphatic carbocycles. The van der Waals surface area contributed by atoms with Gasteiger partial charge >= 0.3 is 6.03 Å². The Labute approximate surface area is 139 Å². The first kappa shape index (κ1) is 16.2. The lowest BCUT2D eigenvalue weighted by molar-refractivity contribution is 0.122. The van der Waals surface area contributed by atoms with Gasteiger partial charge in [0.2, 0.25) is 0 Å². The number of morpholine rings is 1. The predicted molar refractivity (Wildman–Crippen MR) is 89.5 cm³/mol. The zero-order valence-corrected chi connectivity index (χ0v) is 13.2. The van der Waals surface area contributed by atoms with E-state index >= 15 is 0 Å². The van der Waals surface area contributed by atoms with Crippen molar-refractivity contribution >= 4 is 17.5 Å². The first-order chi connectivity index (χ1) is 11.7. The third kappa shape index (κ3) is 4.20. The van der Waals surface area contributed by atoms with Gasteiger partial charge in [-0.3, -0.25) is 0 Å². The van der Waals surface area contributed by atoms with Crippen LogP contribution in [0.15, 0.2) is 42.6 Å². The number of aromatic nitrogens is 1.